The number of para-hydroxylation sites is 1. The number of hydrogen-bond acceptors (Lipinski definition) is 3. The van der Waals surface area contributed by atoms with Crippen molar-refractivity contribution in [3.05, 3.63) is 65.7 Å². The first-order valence-corrected chi connectivity index (χ1v) is 9.03. The first-order valence-electron chi connectivity index (χ1n) is 9.03. The van der Waals surface area contributed by atoms with E-state index in [1.165, 1.54) is 0 Å². The number of hydrogen-bond donors (Lipinski definition) is 2. The lowest BCUT2D eigenvalue weighted by Crippen LogP contribution is -2.35. The second-order valence-electron chi connectivity index (χ2n) is 6.01. The molecule has 3 amide bonds. The number of carbonyl (C=O) groups excluding carboxylic acids is 3. The Hall–Kier alpha value is -3.15. The minimum Gasteiger partial charge on any atom is -0.347 e. The van der Waals surface area contributed by atoms with Crippen LogP contribution < -0.4 is 10.6 Å². The number of amides is 3. The standard InChI is InChI=1S/C21H25N3O3/c1-3-24(4-2)21(27)17-12-8-9-13-18(17)23-20(26)15-22-19(25)14-16-10-6-5-7-11-16/h5-13H,3-4,14-15H2,1-2H3,(H,22,25)(H,23,26). The molecule has 0 fully saturated rings. The molecule has 0 spiro atoms. The van der Waals surface area contributed by atoms with E-state index in [0.29, 0.717) is 24.3 Å². The van der Waals surface area contributed by atoms with Crippen molar-refractivity contribution < 1.29 is 14.4 Å². The number of carbonyl (C=O) groups is 3. The van der Waals surface area contributed by atoms with Crippen LogP contribution in [-0.4, -0.2) is 42.3 Å². The Morgan fingerprint density at radius 2 is 1.48 bits per heavy atom. The van der Waals surface area contributed by atoms with E-state index in [1.54, 1.807) is 29.2 Å². The number of anilines is 1. The molecule has 0 aliphatic heterocycles. The predicted octanol–water partition coefficient (Wildman–Crippen LogP) is 2.47. The van der Waals surface area contributed by atoms with E-state index in [-0.39, 0.29) is 30.7 Å². The lowest BCUT2D eigenvalue weighted by molar-refractivity contribution is -0.123. The maximum atomic E-state index is 12.6. The van der Waals surface area contributed by atoms with E-state index in [0.717, 1.165) is 5.56 Å². The van der Waals surface area contributed by atoms with Crippen LogP contribution in [0.3, 0.4) is 0 Å². The second-order valence-corrected chi connectivity index (χ2v) is 6.01. The van der Waals surface area contributed by atoms with Crippen molar-refractivity contribution in [1.82, 2.24) is 10.2 Å². The van der Waals surface area contributed by atoms with Crippen LogP contribution in [0, 0.1) is 0 Å². The number of benzene rings is 2. The zero-order valence-electron chi connectivity index (χ0n) is 15.7. The molecule has 0 atom stereocenters. The Labute approximate surface area is 159 Å². The van der Waals surface area contributed by atoms with Crippen LogP contribution in [0.15, 0.2) is 54.6 Å². The number of rotatable bonds is 8. The smallest absolute Gasteiger partial charge is 0.255 e. The largest absolute Gasteiger partial charge is 0.347 e. The Balaban J connectivity index is 1.94. The SMILES string of the molecule is CCN(CC)C(=O)c1ccccc1NC(=O)CNC(=O)Cc1ccccc1. The van der Waals surface area contributed by atoms with Crippen molar-refractivity contribution in [3.8, 4) is 0 Å². The van der Waals surface area contributed by atoms with Gasteiger partial charge in [-0.1, -0.05) is 42.5 Å². The highest BCUT2D eigenvalue weighted by atomic mass is 16.2. The van der Waals surface area contributed by atoms with Crippen LogP contribution >= 0.6 is 0 Å². The molecule has 0 aliphatic carbocycles. The molecule has 2 aromatic carbocycles. The number of nitrogens with zero attached hydrogens (tertiary/aromatic N) is 1. The van der Waals surface area contributed by atoms with Gasteiger partial charge in [0.25, 0.3) is 5.91 Å². The van der Waals surface area contributed by atoms with Crippen LogP contribution in [0.4, 0.5) is 5.69 Å². The zero-order chi connectivity index (χ0) is 19.6. The third-order valence-electron chi connectivity index (χ3n) is 4.14. The van der Waals surface area contributed by atoms with E-state index in [2.05, 4.69) is 10.6 Å². The molecule has 27 heavy (non-hydrogen) atoms. The minimum atomic E-state index is -0.379. The van der Waals surface area contributed by atoms with Crippen molar-refractivity contribution >= 4 is 23.4 Å². The molecule has 0 heterocycles. The third kappa shape index (κ3) is 5.95. The highest BCUT2D eigenvalue weighted by Gasteiger charge is 2.17. The summed E-state index contributed by atoms with van der Waals surface area (Å²) in [7, 11) is 0. The predicted molar refractivity (Wildman–Crippen MR) is 105 cm³/mol. The molecule has 142 valence electrons. The molecular weight excluding hydrogens is 342 g/mol. The molecule has 0 radical (unpaired) electrons. The summed E-state index contributed by atoms with van der Waals surface area (Å²) in [6.45, 7) is 4.84. The topological polar surface area (TPSA) is 78.5 Å². The van der Waals surface area contributed by atoms with Crippen molar-refractivity contribution in [2.75, 3.05) is 25.0 Å². The second kappa shape index (κ2) is 10.1. The normalized spacial score (nSPS) is 10.1. The van der Waals surface area contributed by atoms with Crippen molar-refractivity contribution in [1.29, 1.82) is 0 Å². The van der Waals surface area contributed by atoms with Crippen LogP contribution in [-0.2, 0) is 16.0 Å². The molecule has 0 aliphatic rings. The highest BCUT2D eigenvalue weighted by Crippen LogP contribution is 2.17. The Morgan fingerprint density at radius 3 is 2.15 bits per heavy atom. The molecule has 2 rings (SSSR count). The first-order chi connectivity index (χ1) is 13.0. The summed E-state index contributed by atoms with van der Waals surface area (Å²) in [5.74, 6) is -0.746. The molecule has 2 N–H and O–H groups in total. The average molecular weight is 367 g/mol. The lowest BCUT2D eigenvalue weighted by atomic mass is 10.1. The van der Waals surface area contributed by atoms with E-state index in [9.17, 15) is 14.4 Å². The van der Waals surface area contributed by atoms with Gasteiger partial charge in [-0.15, -0.1) is 0 Å². The van der Waals surface area contributed by atoms with Crippen LogP contribution in [0.2, 0.25) is 0 Å². The first kappa shape index (κ1) is 20.2. The maximum absolute atomic E-state index is 12.6. The fourth-order valence-corrected chi connectivity index (χ4v) is 2.68. The summed E-state index contributed by atoms with van der Waals surface area (Å²) in [6, 6.07) is 16.2. The minimum absolute atomic E-state index is 0.135. The average Bonchev–Trinajstić information content (AvgIpc) is 2.68. The quantitative estimate of drug-likeness (QED) is 0.752. The third-order valence-corrected chi connectivity index (χ3v) is 4.14. The van der Waals surface area contributed by atoms with Gasteiger partial charge in [0.1, 0.15) is 0 Å². The van der Waals surface area contributed by atoms with E-state index < -0.39 is 0 Å². The Morgan fingerprint density at radius 1 is 0.852 bits per heavy atom. The summed E-state index contributed by atoms with van der Waals surface area (Å²) >= 11 is 0. The summed E-state index contributed by atoms with van der Waals surface area (Å²) in [6.07, 6.45) is 0.213. The van der Waals surface area contributed by atoms with Crippen molar-refractivity contribution in [3.63, 3.8) is 0 Å². The van der Waals surface area contributed by atoms with Gasteiger partial charge in [0, 0.05) is 13.1 Å². The fourth-order valence-electron chi connectivity index (χ4n) is 2.68. The van der Waals surface area contributed by atoms with E-state index in [1.807, 2.05) is 44.2 Å². The molecule has 0 bridgehead atoms. The van der Waals surface area contributed by atoms with Crippen LogP contribution in [0.5, 0.6) is 0 Å². The molecular formula is C21H25N3O3. The summed E-state index contributed by atoms with van der Waals surface area (Å²) in [5.41, 5.74) is 1.76. The Kier molecular flexibility index (Phi) is 7.55. The van der Waals surface area contributed by atoms with E-state index in [4.69, 9.17) is 0 Å². The van der Waals surface area contributed by atoms with Gasteiger partial charge in [-0.3, -0.25) is 14.4 Å². The highest BCUT2D eigenvalue weighted by molar-refractivity contribution is 6.04. The van der Waals surface area contributed by atoms with Gasteiger partial charge in [-0.25, -0.2) is 0 Å². The maximum Gasteiger partial charge on any atom is 0.255 e. The van der Waals surface area contributed by atoms with Gasteiger partial charge < -0.3 is 15.5 Å². The van der Waals surface area contributed by atoms with Gasteiger partial charge in [-0.05, 0) is 31.5 Å². The molecule has 0 saturated carbocycles. The van der Waals surface area contributed by atoms with Gasteiger partial charge in [0.2, 0.25) is 11.8 Å². The zero-order valence-corrected chi connectivity index (χ0v) is 15.7. The van der Waals surface area contributed by atoms with Gasteiger partial charge in [0.15, 0.2) is 0 Å². The summed E-state index contributed by atoms with van der Waals surface area (Å²) in [5, 5.41) is 5.31. The summed E-state index contributed by atoms with van der Waals surface area (Å²) in [4.78, 5) is 38.4. The molecule has 6 nitrogen and oxygen atoms in total. The van der Waals surface area contributed by atoms with Crippen molar-refractivity contribution in [2.45, 2.75) is 20.3 Å². The number of nitrogens with one attached hydrogen (secondary N) is 2. The van der Waals surface area contributed by atoms with Crippen molar-refractivity contribution in [2.24, 2.45) is 0 Å². The Bertz CT molecular complexity index is 786. The van der Waals surface area contributed by atoms with Gasteiger partial charge in [0.05, 0.1) is 24.2 Å². The van der Waals surface area contributed by atoms with Crippen LogP contribution in [0.1, 0.15) is 29.8 Å². The van der Waals surface area contributed by atoms with Gasteiger partial charge >= 0.3 is 0 Å². The molecule has 0 unspecified atom stereocenters. The molecule has 2 aromatic rings. The monoisotopic (exact) mass is 367 g/mol. The van der Waals surface area contributed by atoms with Crippen LogP contribution in [0.25, 0.3) is 0 Å². The molecule has 6 heteroatoms. The van der Waals surface area contributed by atoms with Gasteiger partial charge in [-0.2, -0.15) is 0 Å². The molecule has 0 saturated heterocycles. The lowest BCUT2D eigenvalue weighted by Gasteiger charge is -2.20. The summed E-state index contributed by atoms with van der Waals surface area (Å²) < 4.78 is 0. The molecule has 0 aromatic heterocycles. The van der Waals surface area contributed by atoms with E-state index >= 15 is 0 Å². The fraction of sp³-hybridized carbons (Fsp3) is 0.286.